The average Bonchev–Trinajstić information content (AvgIpc) is 2.48. The van der Waals surface area contributed by atoms with Crippen LogP contribution in [-0.4, -0.2) is 61.5 Å². The minimum absolute atomic E-state index is 0.465. The molecule has 0 spiro atoms. The molecule has 0 saturated carbocycles. The van der Waals surface area contributed by atoms with Gasteiger partial charge in [-0.05, 0) is 39.1 Å². The number of benzene rings is 1. The fraction of sp³-hybridized carbons (Fsp3) is 0.579. The van der Waals surface area contributed by atoms with E-state index < -0.39 is 0 Å². The lowest BCUT2D eigenvalue weighted by Gasteiger charge is -2.35. The van der Waals surface area contributed by atoms with E-state index in [1.54, 1.807) is 0 Å². The van der Waals surface area contributed by atoms with Crippen LogP contribution >= 0.6 is 0 Å². The Labute approximate surface area is 136 Å². The average molecular weight is 301 g/mol. The third-order valence-electron chi connectivity index (χ3n) is 4.57. The molecule has 0 bridgehead atoms. The summed E-state index contributed by atoms with van der Waals surface area (Å²) in [6.45, 7) is 15.1. The Bertz CT molecular complexity index is 487. The number of hydrogen-bond donors (Lipinski definition) is 0. The normalized spacial score (nSPS) is 18.6. The van der Waals surface area contributed by atoms with E-state index in [2.05, 4.69) is 73.5 Å². The van der Waals surface area contributed by atoms with Crippen LogP contribution in [0.3, 0.4) is 0 Å². The number of rotatable bonds is 6. The Hall–Kier alpha value is -1.16. The molecule has 1 unspecified atom stereocenters. The molecule has 3 heteroatoms. The third-order valence-corrected chi connectivity index (χ3v) is 4.57. The van der Waals surface area contributed by atoms with Crippen LogP contribution in [0.15, 0.2) is 36.4 Å². The van der Waals surface area contributed by atoms with Crippen molar-refractivity contribution in [2.24, 2.45) is 0 Å². The van der Waals surface area contributed by atoms with Crippen LogP contribution in [0.1, 0.15) is 31.0 Å². The van der Waals surface area contributed by atoms with Crippen LogP contribution in [0.25, 0.3) is 0 Å². The Kier molecular flexibility index (Phi) is 6.18. The lowest BCUT2D eigenvalue weighted by atomic mass is 10.0. The molecule has 22 heavy (non-hydrogen) atoms. The number of hydrogen-bond acceptors (Lipinski definition) is 3. The van der Waals surface area contributed by atoms with Gasteiger partial charge in [-0.15, -0.1) is 0 Å². The quantitative estimate of drug-likeness (QED) is 0.748. The van der Waals surface area contributed by atoms with Gasteiger partial charge in [-0.1, -0.05) is 36.4 Å². The van der Waals surface area contributed by atoms with Gasteiger partial charge in [0.15, 0.2) is 0 Å². The summed E-state index contributed by atoms with van der Waals surface area (Å²) >= 11 is 0. The van der Waals surface area contributed by atoms with Crippen LogP contribution in [0, 0.1) is 0 Å². The monoisotopic (exact) mass is 301 g/mol. The van der Waals surface area contributed by atoms with Crippen molar-refractivity contribution >= 4 is 0 Å². The molecule has 1 aliphatic rings. The van der Waals surface area contributed by atoms with Gasteiger partial charge in [-0.2, -0.15) is 0 Å². The second-order valence-corrected chi connectivity index (χ2v) is 6.89. The third kappa shape index (κ3) is 4.94. The second kappa shape index (κ2) is 7.91. The summed E-state index contributed by atoms with van der Waals surface area (Å²) in [5.74, 6) is 0. The van der Waals surface area contributed by atoms with Gasteiger partial charge < -0.3 is 4.90 Å². The second-order valence-electron chi connectivity index (χ2n) is 6.89. The highest BCUT2D eigenvalue weighted by Crippen LogP contribution is 2.19. The van der Waals surface area contributed by atoms with E-state index in [-0.39, 0.29) is 0 Å². The van der Waals surface area contributed by atoms with E-state index in [1.165, 1.54) is 16.7 Å². The first kappa shape index (κ1) is 17.2. The highest BCUT2D eigenvalue weighted by molar-refractivity contribution is 5.25. The summed E-state index contributed by atoms with van der Waals surface area (Å²) in [4.78, 5) is 7.33. The Morgan fingerprint density at radius 2 is 1.82 bits per heavy atom. The zero-order valence-corrected chi connectivity index (χ0v) is 14.7. The van der Waals surface area contributed by atoms with Crippen LogP contribution in [-0.2, 0) is 6.54 Å². The van der Waals surface area contributed by atoms with Crippen molar-refractivity contribution in [1.29, 1.82) is 0 Å². The molecule has 122 valence electrons. The number of nitrogens with zero attached hydrogens (tertiary/aromatic N) is 3. The summed E-state index contributed by atoms with van der Waals surface area (Å²) in [5.41, 5.74) is 4.10. The SMILES string of the molecule is C=C(C)CN1CCN(Cc2cccc(C(C)N(C)C)c2)CC1. The molecule has 0 N–H and O–H groups in total. The van der Waals surface area contributed by atoms with Crippen molar-refractivity contribution < 1.29 is 0 Å². The Morgan fingerprint density at radius 3 is 2.41 bits per heavy atom. The maximum atomic E-state index is 4.02. The van der Waals surface area contributed by atoms with Crippen molar-refractivity contribution in [3.8, 4) is 0 Å². The summed E-state index contributed by atoms with van der Waals surface area (Å²) in [6, 6.07) is 9.52. The molecule has 1 aliphatic heterocycles. The Morgan fingerprint density at radius 1 is 1.18 bits per heavy atom. The van der Waals surface area contributed by atoms with Crippen molar-refractivity contribution in [2.45, 2.75) is 26.4 Å². The van der Waals surface area contributed by atoms with E-state index in [0.717, 1.165) is 39.3 Å². The molecule has 0 radical (unpaired) electrons. The van der Waals surface area contributed by atoms with Gasteiger partial charge >= 0.3 is 0 Å². The molecule has 0 aromatic heterocycles. The van der Waals surface area contributed by atoms with Gasteiger partial charge in [0, 0.05) is 45.3 Å². The van der Waals surface area contributed by atoms with Gasteiger partial charge in [0.2, 0.25) is 0 Å². The fourth-order valence-electron chi connectivity index (χ4n) is 2.99. The summed E-state index contributed by atoms with van der Waals surface area (Å²) < 4.78 is 0. The van der Waals surface area contributed by atoms with Crippen molar-refractivity contribution in [3.05, 3.63) is 47.5 Å². The molecule has 1 aromatic rings. The molecule has 1 fully saturated rings. The highest BCUT2D eigenvalue weighted by Gasteiger charge is 2.17. The summed E-state index contributed by atoms with van der Waals surface area (Å²) in [7, 11) is 4.27. The summed E-state index contributed by atoms with van der Waals surface area (Å²) in [6.07, 6.45) is 0. The molecule has 0 amide bonds. The minimum Gasteiger partial charge on any atom is -0.303 e. The Balaban J connectivity index is 1.89. The predicted octanol–water partition coefficient (Wildman–Crippen LogP) is 3.00. The molecule has 2 rings (SSSR count). The molecule has 1 atom stereocenters. The van der Waals surface area contributed by atoms with Gasteiger partial charge in [-0.25, -0.2) is 0 Å². The molecule has 3 nitrogen and oxygen atoms in total. The van der Waals surface area contributed by atoms with Gasteiger partial charge in [0.1, 0.15) is 0 Å². The van der Waals surface area contributed by atoms with Gasteiger partial charge in [0.05, 0.1) is 0 Å². The first-order chi connectivity index (χ1) is 10.5. The molecule has 1 heterocycles. The van der Waals surface area contributed by atoms with E-state index in [1.807, 2.05) is 0 Å². The zero-order chi connectivity index (χ0) is 16.1. The van der Waals surface area contributed by atoms with E-state index in [9.17, 15) is 0 Å². The lowest BCUT2D eigenvalue weighted by molar-refractivity contribution is 0.135. The maximum absolute atomic E-state index is 4.02. The van der Waals surface area contributed by atoms with Crippen molar-refractivity contribution in [2.75, 3.05) is 46.8 Å². The lowest BCUT2D eigenvalue weighted by Crippen LogP contribution is -2.46. The van der Waals surface area contributed by atoms with Gasteiger partial charge in [0.25, 0.3) is 0 Å². The van der Waals surface area contributed by atoms with Crippen LogP contribution in [0.5, 0.6) is 0 Å². The van der Waals surface area contributed by atoms with Crippen LogP contribution < -0.4 is 0 Å². The summed E-state index contributed by atoms with van der Waals surface area (Å²) in [5, 5.41) is 0. The molecule has 1 saturated heterocycles. The van der Waals surface area contributed by atoms with Crippen molar-refractivity contribution in [1.82, 2.24) is 14.7 Å². The largest absolute Gasteiger partial charge is 0.303 e. The van der Waals surface area contributed by atoms with Crippen LogP contribution in [0.4, 0.5) is 0 Å². The molecule has 1 aromatic carbocycles. The fourth-order valence-corrected chi connectivity index (χ4v) is 2.99. The van der Waals surface area contributed by atoms with Crippen molar-refractivity contribution in [3.63, 3.8) is 0 Å². The topological polar surface area (TPSA) is 9.72 Å². The molecular weight excluding hydrogens is 270 g/mol. The van der Waals surface area contributed by atoms with Gasteiger partial charge in [-0.3, -0.25) is 9.80 Å². The molecule has 0 aliphatic carbocycles. The smallest absolute Gasteiger partial charge is 0.0313 e. The minimum atomic E-state index is 0.465. The van der Waals surface area contributed by atoms with E-state index in [0.29, 0.717) is 6.04 Å². The zero-order valence-electron chi connectivity index (χ0n) is 14.7. The first-order valence-corrected chi connectivity index (χ1v) is 8.30. The standard InChI is InChI=1S/C19H31N3/c1-16(2)14-21-9-11-22(12-10-21)15-18-7-6-8-19(13-18)17(3)20(4)5/h6-8,13,17H,1,9-12,14-15H2,2-5H3. The first-order valence-electron chi connectivity index (χ1n) is 8.30. The number of piperazine rings is 1. The van der Waals surface area contributed by atoms with Crippen LogP contribution in [0.2, 0.25) is 0 Å². The maximum Gasteiger partial charge on any atom is 0.0313 e. The van der Waals surface area contributed by atoms with E-state index >= 15 is 0 Å². The predicted molar refractivity (Wildman–Crippen MR) is 95.1 cm³/mol. The van der Waals surface area contributed by atoms with E-state index in [4.69, 9.17) is 0 Å². The highest BCUT2D eigenvalue weighted by atomic mass is 15.3. The molecular formula is C19H31N3.